The predicted molar refractivity (Wildman–Crippen MR) is 71.1 cm³/mol. The molecule has 1 amide bonds. The molecule has 0 saturated carbocycles. The smallest absolute Gasteiger partial charge is 0.308 e. The van der Waals surface area contributed by atoms with Crippen molar-refractivity contribution >= 4 is 17.4 Å². The van der Waals surface area contributed by atoms with Crippen molar-refractivity contribution in [2.75, 3.05) is 0 Å². The van der Waals surface area contributed by atoms with Gasteiger partial charge in [-0.25, -0.2) is 0 Å². The van der Waals surface area contributed by atoms with Crippen molar-refractivity contribution in [3.63, 3.8) is 0 Å². The van der Waals surface area contributed by atoms with Crippen LogP contribution in [0.2, 0.25) is 0 Å². The van der Waals surface area contributed by atoms with Gasteiger partial charge in [-0.15, -0.1) is 0 Å². The van der Waals surface area contributed by atoms with Crippen molar-refractivity contribution in [2.24, 2.45) is 5.92 Å². The number of nitrogens with zero attached hydrogens (tertiary/aromatic N) is 1. The number of rotatable bonds is 4. The summed E-state index contributed by atoms with van der Waals surface area (Å²) in [5.41, 5.74) is 1.45. The summed E-state index contributed by atoms with van der Waals surface area (Å²) in [6.45, 7) is 3.26. The molecule has 2 aromatic heterocycles. The Kier molecular flexibility index (Phi) is 3.55. The first-order valence-corrected chi connectivity index (χ1v) is 6.09. The number of pyridine rings is 1. The van der Waals surface area contributed by atoms with Crippen molar-refractivity contribution in [2.45, 2.75) is 19.9 Å². The molecule has 5 nitrogen and oxygen atoms in total. The van der Waals surface area contributed by atoms with Gasteiger partial charge in [0.1, 0.15) is 0 Å². The molecule has 2 heterocycles. The van der Waals surface area contributed by atoms with Gasteiger partial charge >= 0.3 is 5.97 Å². The minimum Gasteiger partial charge on any atom is -0.481 e. The third-order valence-electron chi connectivity index (χ3n) is 3.26. The Labute approximate surface area is 110 Å². The third-order valence-corrected chi connectivity index (χ3v) is 3.26. The topological polar surface area (TPSA) is 70.8 Å². The second-order valence-corrected chi connectivity index (χ2v) is 4.65. The van der Waals surface area contributed by atoms with E-state index in [0.717, 1.165) is 5.52 Å². The van der Waals surface area contributed by atoms with E-state index in [-0.39, 0.29) is 5.91 Å². The molecule has 19 heavy (non-hydrogen) atoms. The van der Waals surface area contributed by atoms with Crippen molar-refractivity contribution in [1.29, 1.82) is 0 Å². The zero-order valence-electron chi connectivity index (χ0n) is 10.8. The molecule has 0 aliphatic heterocycles. The molecule has 0 aliphatic carbocycles. The van der Waals surface area contributed by atoms with E-state index in [9.17, 15) is 9.59 Å². The highest BCUT2D eigenvalue weighted by Crippen LogP contribution is 2.11. The molecule has 2 rings (SSSR count). The summed E-state index contributed by atoms with van der Waals surface area (Å²) < 4.78 is 1.85. The van der Waals surface area contributed by atoms with Crippen LogP contribution >= 0.6 is 0 Å². The van der Waals surface area contributed by atoms with Gasteiger partial charge in [-0.2, -0.15) is 0 Å². The van der Waals surface area contributed by atoms with Crippen LogP contribution in [0.4, 0.5) is 0 Å². The zero-order valence-corrected chi connectivity index (χ0v) is 10.8. The lowest BCUT2D eigenvalue weighted by molar-refractivity contribution is -0.141. The van der Waals surface area contributed by atoms with Gasteiger partial charge in [0, 0.05) is 24.0 Å². The Morgan fingerprint density at radius 3 is 2.68 bits per heavy atom. The Balaban J connectivity index is 2.13. The van der Waals surface area contributed by atoms with Gasteiger partial charge < -0.3 is 14.8 Å². The Morgan fingerprint density at radius 1 is 1.32 bits per heavy atom. The summed E-state index contributed by atoms with van der Waals surface area (Å²) >= 11 is 0. The molecule has 2 aromatic rings. The molecule has 0 spiro atoms. The number of nitrogens with one attached hydrogen (secondary N) is 1. The summed E-state index contributed by atoms with van der Waals surface area (Å²) in [6, 6.07) is 7.02. The van der Waals surface area contributed by atoms with Crippen LogP contribution in [0.3, 0.4) is 0 Å². The zero-order chi connectivity index (χ0) is 14.0. The number of aliphatic carboxylic acids is 1. The van der Waals surface area contributed by atoms with E-state index >= 15 is 0 Å². The lowest BCUT2D eigenvalue weighted by Gasteiger charge is -2.17. The molecule has 2 unspecified atom stereocenters. The van der Waals surface area contributed by atoms with Gasteiger partial charge in [0.05, 0.1) is 11.5 Å². The molecule has 0 bridgehead atoms. The molecule has 0 aliphatic rings. The van der Waals surface area contributed by atoms with Crippen molar-refractivity contribution in [3.8, 4) is 0 Å². The van der Waals surface area contributed by atoms with Crippen LogP contribution in [0, 0.1) is 5.92 Å². The molecule has 2 atom stereocenters. The Hall–Kier alpha value is -2.30. The maximum Gasteiger partial charge on any atom is 0.308 e. The van der Waals surface area contributed by atoms with Crippen molar-refractivity contribution < 1.29 is 14.7 Å². The van der Waals surface area contributed by atoms with Crippen LogP contribution in [0.15, 0.2) is 36.7 Å². The average molecular weight is 260 g/mol. The number of fused-ring (bicyclic) bond motifs is 1. The number of hydrogen-bond acceptors (Lipinski definition) is 2. The summed E-state index contributed by atoms with van der Waals surface area (Å²) in [6.07, 6.45) is 3.58. The van der Waals surface area contributed by atoms with Crippen molar-refractivity contribution in [1.82, 2.24) is 9.72 Å². The minimum absolute atomic E-state index is 0.260. The first-order valence-electron chi connectivity index (χ1n) is 6.09. The molecule has 0 aromatic carbocycles. The molecule has 2 N–H and O–H groups in total. The number of hydrogen-bond donors (Lipinski definition) is 2. The van der Waals surface area contributed by atoms with E-state index in [0.29, 0.717) is 5.56 Å². The highest BCUT2D eigenvalue weighted by molar-refractivity contribution is 5.96. The predicted octanol–water partition coefficient (Wildman–Crippen LogP) is 1.78. The fourth-order valence-corrected chi connectivity index (χ4v) is 1.81. The van der Waals surface area contributed by atoms with E-state index in [1.165, 1.54) is 0 Å². The second-order valence-electron chi connectivity index (χ2n) is 4.65. The van der Waals surface area contributed by atoms with Gasteiger partial charge in [-0.1, -0.05) is 6.07 Å². The van der Waals surface area contributed by atoms with Crippen LogP contribution in [0.25, 0.3) is 5.52 Å². The largest absolute Gasteiger partial charge is 0.481 e. The molecule has 100 valence electrons. The molecule has 5 heteroatoms. The fourth-order valence-electron chi connectivity index (χ4n) is 1.81. The van der Waals surface area contributed by atoms with E-state index in [1.54, 1.807) is 26.1 Å². The van der Waals surface area contributed by atoms with Gasteiger partial charge in [0.2, 0.25) is 0 Å². The van der Waals surface area contributed by atoms with E-state index in [1.807, 2.05) is 28.8 Å². The highest BCUT2D eigenvalue weighted by atomic mass is 16.4. The maximum atomic E-state index is 12.0. The normalized spacial score (nSPS) is 14.0. The van der Waals surface area contributed by atoms with Gasteiger partial charge in [-0.3, -0.25) is 9.59 Å². The quantitative estimate of drug-likeness (QED) is 0.880. The highest BCUT2D eigenvalue weighted by Gasteiger charge is 2.21. The van der Waals surface area contributed by atoms with Crippen LogP contribution in [0.5, 0.6) is 0 Å². The summed E-state index contributed by atoms with van der Waals surface area (Å²) in [7, 11) is 0. The monoisotopic (exact) mass is 260 g/mol. The van der Waals surface area contributed by atoms with Crippen molar-refractivity contribution in [3.05, 3.63) is 42.2 Å². The Morgan fingerprint density at radius 2 is 2.05 bits per heavy atom. The van der Waals surface area contributed by atoms with E-state index in [4.69, 9.17) is 5.11 Å². The second kappa shape index (κ2) is 5.14. The number of carboxylic acid groups (broad SMARTS) is 1. The lowest BCUT2D eigenvalue weighted by Crippen LogP contribution is -2.39. The third kappa shape index (κ3) is 2.76. The lowest BCUT2D eigenvalue weighted by atomic mass is 10.0. The van der Waals surface area contributed by atoms with E-state index < -0.39 is 17.9 Å². The first kappa shape index (κ1) is 13.1. The van der Waals surface area contributed by atoms with Gasteiger partial charge in [-0.05, 0) is 32.0 Å². The van der Waals surface area contributed by atoms with Crippen LogP contribution in [0.1, 0.15) is 24.2 Å². The number of carbonyl (C=O) groups excluding carboxylic acids is 1. The van der Waals surface area contributed by atoms with Crippen LogP contribution < -0.4 is 5.32 Å². The number of carboxylic acids is 1. The Bertz CT molecular complexity index is 585. The first-order chi connectivity index (χ1) is 8.99. The van der Waals surface area contributed by atoms with Gasteiger partial charge in [0.15, 0.2) is 0 Å². The molecular formula is C14H16N2O3. The maximum absolute atomic E-state index is 12.0. The molecule has 0 fully saturated rings. The number of amides is 1. The molecular weight excluding hydrogens is 244 g/mol. The average Bonchev–Trinajstić information content (AvgIpc) is 2.81. The standard InChI is InChI=1S/C14H16N2O3/c1-9(14(18)19)10(2)15-13(17)11-7-12-5-3-4-6-16(12)8-11/h3-10H,1-2H3,(H,15,17)(H,18,19). The summed E-state index contributed by atoms with van der Waals surface area (Å²) in [5.74, 6) is -1.81. The minimum atomic E-state index is -0.921. The number of aromatic nitrogens is 1. The molecule has 0 radical (unpaired) electrons. The number of carbonyl (C=O) groups is 2. The summed E-state index contributed by atoms with van der Waals surface area (Å²) in [4.78, 5) is 22.9. The molecule has 0 saturated heterocycles. The summed E-state index contributed by atoms with van der Waals surface area (Å²) in [5, 5.41) is 11.6. The van der Waals surface area contributed by atoms with Crippen LogP contribution in [-0.2, 0) is 4.79 Å². The SMILES string of the molecule is CC(NC(=O)c1cc2ccccn2c1)C(C)C(=O)O. The van der Waals surface area contributed by atoms with Gasteiger partial charge in [0.25, 0.3) is 5.91 Å². The van der Waals surface area contributed by atoms with Crippen LogP contribution in [-0.4, -0.2) is 27.4 Å². The fraction of sp³-hybridized carbons (Fsp3) is 0.286. The van der Waals surface area contributed by atoms with E-state index in [2.05, 4.69) is 5.32 Å².